The Morgan fingerprint density at radius 2 is 1.48 bits per heavy atom. The molecule has 1 heterocycles. The van der Waals surface area contributed by atoms with Gasteiger partial charge in [0, 0.05) is 5.56 Å². The molecule has 2 atom stereocenters. The largest absolute Gasteiger partial charge is 0.292 e. The van der Waals surface area contributed by atoms with Crippen molar-refractivity contribution >= 4 is 17.6 Å². The zero-order valence-electron chi connectivity index (χ0n) is 13.8. The van der Waals surface area contributed by atoms with Gasteiger partial charge in [0.15, 0.2) is 5.78 Å². The number of Topliss-reactive ketones (excluding diaryl/α,β-unsaturated/α-hetero) is 1. The number of imide groups is 1. The zero-order chi connectivity index (χ0) is 16.7. The Labute approximate surface area is 136 Å². The normalized spacial score (nSPS) is 23.3. The van der Waals surface area contributed by atoms with Crippen LogP contribution in [0, 0.1) is 32.6 Å². The summed E-state index contributed by atoms with van der Waals surface area (Å²) in [4.78, 5) is 38.8. The summed E-state index contributed by atoms with van der Waals surface area (Å²) in [7, 11) is 0. The molecular weight excluding hydrogens is 290 g/mol. The first kappa shape index (κ1) is 15.7. The zero-order valence-corrected chi connectivity index (χ0v) is 13.8. The maximum Gasteiger partial charge on any atom is 0.233 e. The molecule has 1 aliphatic carbocycles. The Hall–Kier alpha value is -2.23. The van der Waals surface area contributed by atoms with E-state index in [1.165, 1.54) is 4.90 Å². The van der Waals surface area contributed by atoms with Crippen LogP contribution in [0.4, 0.5) is 0 Å². The average molecular weight is 311 g/mol. The molecule has 1 aromatic rings. The molecule has 2 aliphatic rings. The van der Waals surface area contributed by atoms with E-state index >= 15 is 0 Å². The predicted molar refractivity (Wildman–Crippen MR) is 87.1 cm³/mol. The van der Waals surface area contributed by atoms with Crippen LogP contribution >= 0.6 is 0 Å². The number of fused-ring (bicyclic) bond motifs is 1. The van der Waals surface area contributed by atoms with Gasteiger partial charge >= 0.3 is 0 Å². The van der Waals surface area contributed by atoms with Crippen LogP contribution < -0.4 is 0 Å². The number of likely N-dealkylation sites (tertiary alicyclic amines) is 1. The lowest BCUT2D eigenvalue weighted by molar-refractivity contribution is -0.139. The number of hydrogen-bond donors (Lipinski definition) is 0. The minimum atomic E-state index is -0.277. The number of carbonyl (C=O) groups excluding carboxylic acids is 3. The number of amides is 2. The van der Waals surface area contributed by atoms with E-state index in [0.717, 1.165) is 16.7 Å². The first-order valence-electron chi connectivity index (χ1n) is 8.01. The molecule has 0 spiro atoms. The first-order valence-corrected chi connectivity index (χ1v) is 8.01. The summed E-state index contributed by atoms with van der Waals surface area (Å²) < 4.78 is 0. The Balaban J connectivity index is 1.84. The van der Waals surface area contributed by atoms with E-state index in [9.17, 15) is 14.4 Å². The number of nitrogens with zero attached hydrogens (tertiary/aromatic N) is 1. The molecule has 4 heteroatoms. The van der Waals surface area contributed by atoms with Gasteiger partial charge in [-0.3, -0.25) is 19.3 Å². The fourth-order valence-electron chi connectivity index (χ4n) is 3.87. The van der Waals surface area contributed by atoms with Gasteiger partial charge in [0.05, 0.1) is 18.4 Å². The standard InChI is InChI=1S/C19H21NO3/c1-11-8-12(2)17(13(3)9-11)16(21)10-20-18(22)14-6-4-5-7-15(14)19(20)23/h4-5,8-9,14-15H,6-7,10H2,1-3H3/t14-,15-/m1/s1. The molecular formula is C19H21NO3. The third kappa shape index (κ3) is 2.62. The van der Waals surface area contributed by atoms with Crippen molar-refractivity contribution in [2.24, 2.45) is 11.8 Å². The van der Waals surface area contributed by atoms with E-state index in [1.807, 2.05) is 45.1 Å². The van der Waals surface area contributed by atoms with Crippen LogP contribution in [0.2, 0.25) is 0 Å². The highest BCUT2D eigenvalue weighted by Gasteiger charge is 2.47. The predicted octanol–water partition coefficient (Wildman–Crippen LogP) is 2.75. The van der Waals surface area contributed by atoms with Crippen molar-refractivity contribution < 1.29 is 14.4 Å². The van der Waals surface area contributed by atoms with Crippen molar-refractivity contribution in [2.45, 2.75) is 33.6 Å². The second-order valence-electron chi connectivity index (χ2n) is 6.62. The lowest BCUT2D eigenvalue weighted by Crippen LogP contribution is -2.36. The van der Waals surface area contributed by atoms with E-state index in [4.69, 9.17) is 0 Å². The number of carbonyl (C=O) groups is 3. The van der Waals surface area contributed by atoms with Crippen molar-refractivity contribution in [2.75, 3.05) is 6.54 Å². The second kappa shape index (κ2) is 5.76. The van der Waals surface area contributed by atoms with Gasteiger partial charge in [-0.2, -0.15) is 0 Å². The van der Waals surface area contributed by atoms with E-state index in [-0.39, 0.29) is 36.0 Å². The molecule has 2 amide bonds. The summed E-state index contributed by atoms with van der Waals surface area (Å²) in [5.74, 6) is -1.10. The Kier molecular flexibility index (Phi) is 3.92. The van der Waals surface area contributed by atoms with Gasteiger partial charge in [-0.05, 0) is 44.7 Å². The van der Waals surface area contributed by atoms with Crippen LogP contribution in [-0.4, -0.2) is 29.0 Å². The Morgan fingerprint density at radius 3 is 1.96 bits per heavy atom. The van der Waals surface area contributed by atoms with Crippen molar-refractivity contribution in [3.8, 4) is 0 Å². The number of benzene rings is 1. The van der Waals surface area contributed by atoms with Gasteiger partial charge in [0.1, 0.15) is 0 Å². The summed E-state index contributed by atoms with van der Waals surface area (Å²) in [6.45, 7) is 5.63. The molecule has 0 N–H and O–H groups in total. The quantitative estimate of drug-likeness (QED) is 0.490. The van der Waals surface area contributed by atoms with Crippen LogP contribution in [0.15, 0.2) is 24.3 Å². The third-order valence-electron chi connectivity index (χ3n) is 4.86. The second-order valence-corrected chi connectivity index (χ2v) is 6.62. The molecule has 0 unspecified atom stereocenters. The maximum absolute atomic E-state index is 12.7. The third-order valence-corrected chi connectivity index (χ3v) is 4.86. The molecule has 1 aliphatic heterocycles. The van der Waals surface area contributed by atoms with Gasteiger partial charge in [-0.15, -0.1) is 0 Å². The van der Waals surface area contributed by atoms with E-state index < -0.39 is 0 Å². The molecule has 1 aromatic carbocycles. The van der Waals surface area contributed by atoms with Gasteiger partial charge in [0.25, 0.3) is 0 Å². The molecule has 23 heavy (non-hydrogen) atoms. The molecule has 3 rings (SSSR count). The summed E-state index contributed by atoms with van der Waals surface area (Å²) in [6, 6.07) is 3.91. The average Bonchev–Trinajstić information content (AvgIpc) is 2.72. The van der Waals surface area contributed by atoms with E-state index in [1.54, 1.807) is 0 Å². The van der Waals surface area contributed by atoms with Crippen molar-refractivity contribution in [1.82, 2.24) is 4.90 Å². The van der Waals surface area contributed by atoms with Crippen LogP contribution in [0.3, 0.4) is 0 Å². The van der Waals surface area contributed by atoms with Gasteiger partial charge in [-0.25, -0.2) is 0 Å². The fourth-order valence-corrected chi connectivity index (χ4v) is 3.87. The maximum atomic E-state index is 12.7. The smallest absolute Gasteiger partial charge is 0.233 e. The Bertz CT molecular complexity index is 683. The lowest BCUT2D eigenvalue weighted by Gasteiger charge is -2.16. The topological polar surface area (TPSA) is 54.5 Å². The van der Waals surface area contributed by atoms with Crippen LogP contribution in [0.1, 0.15) is 39.9 Å². The van der Waals surface area contributed by atoms with Gasteiger partial charge in [0.2, 0.25) is 11.8 Å². The fraction of sp³-hybridized carbons (Fsp3) is 0.421. The summed E-state index contributed by atoms with van der Waals surface area (Å²) in [6.07, 6.45) is 5.10. The first-order chi connectivity index (χ1) is 10.9. The summed E-state index contributed by atoms with van der Waals surface area (Å²) in [5.41, 5.74) is 3.52. The lowest BCUT2D eigenvalue weighted by atomic mass is 9.85. The minimum absolute atomic E-state index is 0.143. The molecule has 4 nitrogen and oxygen atoms in total. The SMILES string of the molecule is Cc1cc(C)c(C(=O)CN2C(=O)[C@@H]3CC=CC[C@H]3C2=O)c(C)c1. The summed E-state index contributed by atoms with van der Waals surface area (Å²) >= 11 is 0. The highest BCUT2D eigenvalue weighted by atomic mass is 16.2. The molecule has 0 saturated carbocycles. The molecule has 1 fully saturated rings. The van der Waals surface area contributed by atoms with Crippen LogP contribution in [0.5, 0.6) is 0 Å². The van der Waals surface area contributed by atoms with Crippen LogP contribution in [-0.2, 0) is 9.59 Å². The molecule has 120 valence electrons. The van der Waals surface area contributed by atoms with Crippen molar-refractivity contribution in [1.29, 1.82) is 0 Å². The number of allylic oxidation sites excluding steroid dienone is 2. The number of aryl methyl sites for hydroxylation is 3. The highest BCUT2D eigenvalue weighted by Crippen LogP contribution is 2.35. The van der Waals surface area contributed by atoms with E-state index in [2.05, 4.69) is 0 Å². The minimum Gasteiger partial charge on any atom is -0.292 e. The highest BCUT2D eigenvalue weighted by molar-refractivity contribution is 6.10. The van der Waals surface area contributed by atoms with E-state index in [0.29, 0.717) is 18.4 Å². The number of rotatable bonds is 3. The Morgan fingerprint density at radius 1 is 1.00 bits per heavy atom. The van der Waals surface area contributed by atoms with Gasteiger partial charge in [-0.1, -0.05) is 29.8 Å². The molecule has 0 radical (unpaired) electrons. The number of ketones is 1. The van der Waals surface area contributed by atoms with Crippen LogP contribution in [0.25, 0.3) is 0 Å². The van der Waals surface area contributed by atoms with Gasteiger partial charge < -0.3 is 0 Å². The molecule has 0 bridgehead atoms. The molecule has 1 saturated heterocycles. The summed E-state index contributed by atoms with van der Waals surface area (Å²) in [5, 5.41) is 0. The van der Waals surface area contributed by atoms with Crippen molar-refractivity contribution in [3.63, 3.8) is 0 Å². The van der Waals surface area contributed by atoms with Crippen molar-refractivity contribution in [3.05, 3.63) is 46.5 Å². The molecule has 0 aromatic heterocycles. The number of hydrogen-bond acceptors (Lipinski definition) is 3. The monoisotopic (exact) mass is 311 g/mol.